The largest absolute Gasteiger partial charge is 0.379 e. The second kappa shape index (κ2) is 8.19. The van der Waals surface area contributed by atoms with Gasteiger partial charge >= 0.3 is 6.03 Å². The van der Waals surface area contributed by atoms with Crippen molar-refractivity contribution in [3.05, 3.63) is 35.4 Å². The molecule has 5 nitrogen and oxygen atoms in total. The number of nitrogens with zero attached hydrogens (tertiary/aromatic N) is 1. The maximum atomic E-state index is 12.3. The van der Waals surface area contributed by atoms with Gasteiger partial charge in [-0.05, 0) is 44.2 Å². The van der Waals surface area contributed by atoms with Crippen molar-refractivity contribution in [2.75, 3.05) is 39.4 Å². The van der Waals surface area contributed by atoms with Crippen LogP contribution < -0.4 is 10.6 Å². The van der Waals surface area contributed by atoms with Crippen LogP contribution in [0, 0.1) is 0 Å². The zero-order valence-corrected chi connectivity index (χ0v) is 15.5. The average Bonchev–Trinajstić information content (AvgIpc) is 2.65. The van der Waals surface area contributed by atoms with Crippen molar-refractivity contribution in [1.29, 1.82) is 0 Å². The molecule has 1 aliphatic heterocycles. The molecule has 0 aromatic heterocycles. The van der Waals surface area contributed by atoms with Gasteiger partial charge in [-0.3, -0.25) is 4.90 Å². The second-order valence-corrected chi connectivity index (χ2v) is 7.76. The van der Waals surface area contributed by atoms with Gasteiger partial charge in [0.1, 0.15) is 0 Å². The third-order valence-electron chi connectivity index (χ3n) is 5.55. The van der Waals surface area contributed by atoms with Crippen LogP contribution >= 0.6 is 0 Å². The molecule has 3 rings (SSSR count). The third-order valence-corrected chi connectivity index (χ3v) is 5.55. The van der Waals surface area contributed by atoms with Crippen LogP contribution in [-0.4, -0.2) is 55.9 Å². The highest BCUT2D eigenvalue weighted by atomic mass is 16.5. The zero-order chi connectivity index (χ0) is 17.7. The summed E-state index contributed by atoms with van der Waals surface area (Å²) < 4.78 is 5.41. The van der Waals surface area contributed by atoms with Gasteiger partial charge in [0.15, 0.2) is 0 Å². The van der Waals surface area contributed by atoms with E-state index in [2.05, 4.69) is 53.6 Å². The predicted octanol–water partition coefficient (Wildman–Crippen LogP) is 2.52. The third kappa shape index (κ3) is 4.73. The molecular weight excluding hydrogens is 314 g/mol. The quantitative estimate of drug-likeness (QED) is 0.862. The normalized spacial score (nSPS) is 21.4. The van der Waals surface area contributed by atoms with E-state index in [4.69, 9.17) is 4.74 Å². The Balaban J connectivity index is 1.46. The Hall–Kier alpha value is -1.59. The van der Waals surface area contributed by atoms with Gasteiger partial charge in [0.25, 0.3) is 0 Å². The Labute approximate surface area is 151 Å². The minimum absolute atomic E-state index is 0.0570. The van der Waals surface area contributed by atoms with Crippen LogP contribution in [0.5, 0.6) is 0 Å². The van der Waals surface area contributed by atoms with E-state index in [0.29, 0.717) is 19.0 Å². The monoisotopic (exact) mass is 345 g/mol. The van der Waals surface area contributed by atoms with Crippen molar-refractivity contribution in [3.8, 4) is 0 Å². The number of amides is 2. The van der Waals surface area contributed by atoms with Crippen molar-refractivity contribution < 1.29 is 9.53 Å². The van der Waals surface area contributed by atoms with E-state index >= 15 is 0 Å². The van der Waals surface area contributed by atoms with Crippen molar-refractivity contribution in [1.82, 2.24) is 15.5 Å². The Kier molecular flexibility index (Phi) is 5.97. The zero-order valence-electron chi connectivity index (χ0n) is 15.5. The number of hydrogen-bond donors (Lipinski definition) is 2. The standard InChI is InChI=1S/C20H31N3O2/c1-20(2,23-10-12-25-13-11-23)15-22-19(24)21-14-17-8-5-7-16-6-3-4-9-18(16)17/h3-4,6,9,17H,5,7-8,10-15H2,1-2H3,(H2,21,22,24)/t17-/m0/s1. The number of nitrogens with one attached hydrogen (secondary N) is 2. The highest BCUT2D eigenvalue weighted by molar-refractivity contribution is 5.74. The highest BCUT2D eigenvalue weighted by Crippen LogP contribution is 2.30. The van der Waals surface area contributed by atoms with E-state index in [1.54, 1.807) is 0 Å². The number of hydrogen-bond acceptors (Lipinski definition) is 3. The lowest BCUT2D eigenvalue weighted by atomic mass is 9.83. The van der Waals surface area contributed by atoms with Crippen molar-refractivity contribution in [2.24, 2.45) is 0 Å². The number of aryl methyl sites for hydroxylation is 1. The lowest BCUT2D eigenvalue weighted by Gasteiger charge is -2.40. The number of urea groups is 1. The van der Waals surface area contributed by atoms with Gasteiger partial charge < -0.3 is 15.4 Å². The lowest BCUT2D eigenvalue weighted by molar-refractivity contribution is -0.00874. The summed E-state index contributed by atoms with van der Waals surface area (Å²) in [4.78, 5) is 14.6. The number of benzene rings is 1. The predicted molar refractivity (Wildman–Crippen MR) is 100.0 cm³/mol. The molecule has 25 heavy (non-hydrogen) atoms. The summed E-state index contributed by atoms with van der Waals surface area (Å²) in [6.07, 6.45) is 3.51. The van der Waals surface area contributed by atoms with Crippen LogP contribution in [0.15, 0.2) is 24.3 Å². The van der Waals surface area contributed by atoms with E-state index in [1.165, 1.54) is 17.5 Å². The summed E-state index contributed by atoms with van der Waals surface area (Å²) in [5.41, 5.74) is 2.79. The molecule has 1 atom stereocenters. The van der Waals surface area contributed by atoms with Crippen LogP contribution in [0.1, 0.15) is 43.7 Å². The first-order chi connectivity index (χ1) is 12.1. The van der Waals surface area contributed by atoms with E-state index in [9.17, 15) is 4.79 Å². The Bertz CT molecular complexity index is 582. The van der Waals surface area contributed by atoms with Crippen LogP contribution in [0.3, 0.4) is 0 Å². The first kappa shape index (κ1) is 18.2. The van der Waals surface area contributed by atoms with E-state index in [0.717, 1.165) is 39.1 Å². The number of rotatable bonds is 5. The summed E-state index contributed by atoms with van der Waals surface area (Å²) in [7, 11) is 0. The van der Waals surface area contributed by atoms with Gasteiger partial charge in [-0.25, -0.2) is 4.79 Å². The molecule has 2 aliphatic rings. The molecule has 0 spiro atoms. The smallest absolute Gasteiger partial charge is 0.314 e. The summed E-state index contributed by atoms with van der Waals surface area (Å²) in [6.45, 7) is 9.10. The first-order valence-electron chi connectivity index (χ1n) is 9.48. The van der Waals surface area contributed by atoms with Gasteiger partial charge in [-0.1, -0.05) is 24.3 Å². The molecule has 0 radical (unpaired) electrons. The van der Waals surface area contributed by atoms with Crippen molar-refractivity contribution >= 4 is 6.03 Å². The minimum Gasteiger partial charge on any atom is -0.379 e. The average molecular weight is 345 g/mol. The summed E-state index contributed by atoms with van der Waals surface area (Å²) >= 11 is 0. The SMILES string of the molecule is CC(C)(CNC(=O)NC[C@@H]1CCCc2ccccc21)N1CCOCC1. The molecule has 5 heteroatoms. The molecule has 1 saturated heterocycles. The number of fused-ring (bicyclic) bond motifs is 1. The van der Waals surface area contributed by atoms with E-state index in [1.807, 2.05) is 0 Å². The molecule has 1 heterocycles. The fourth-order valence-electron chi connectivity index (χ4n) is 3.92. The van der Waals surface area contributed by atoms with Gasteiger partial charge in [-0.2, -0.15) is 0 Å². The number of morpholine rings is 1. The summed E-state index contributed by atoms with van der Waals surface area (Å²) in [6, 6.07) is 8.56. The molecule has 0 unspecified atom stereocenters. The molecule has 2 amide bonds. The van der Waals surface area contributed by atoms with Crippen LogP contribution in [0.25, 0.3) is 0 Å². The van der Waals surface area contributed by atoms with Crippen molar-refractivity contribution in [3.63, 3.8) is 0 Å². The lowest BCUT2D eigenvalue weighted by Crippen LogP contribution is -2.56. The molecule has 0 bridgehead atoms. The highest BCUT2D eigenvalue weighted by Gasteiger charge is 2.28. The molecule has 1 aliphatic carbocycles. The Morgan fingerprint density at radius 1 is 1.24 bits per heavy atom. The summed E-state index contributed by atoms with van der Waals surface area (Å²) in [5, 5.41) is 6.13. The summed E-state index contributed by atoms with van der Waals surface area (Å²) in [5.74, 6) is 0.433. The Morgan fingerprint density at radius 3 is 2.80 bits per heavy atom. The number of ether oxygens (including phenoxy) is 1. The maximum absolute atomic E-state index is 12.3. The fourth-order valence-corrected chi connectivity index (χ4v) is 3.92. The van der Waals surface area contributed by atoms with Gasteiger partial charge in [0, 0.05) is 37.6 Å². The topological polar surface area (TPSA) is 53.6 Å². The fraction of sp³-hybridized carbons (Fsp3) is 0.650. The van der Waals surface area contributed by atoms with Gasteiger partial charge in [-0.15, -0.1) is 0 Å². The molecule has 1 fully saturated rings. The van der Waals surface area contributed by atoms with Gasteiger partial charge in [0.2, 0.25) is 0 Å². The number of carbonyl (C=O) groups is 1. The maximum Gasteiger partial charge on any atom is 0.314 e. The van der Waals surface area contributed by atoms with E-state index in [-0.39, 0.29) is 11.6 Å². The van der Waals surface area contributed by atoms with Gasteiger partial charge in [0.05, 0.1) is 13.2 Å². The molecular formula is C20H31N3O2. The van der Waals surface area contributed by atoms with Crippen LogP contribution in [-0.2, 0) is 11.2 Å². The van der Waals surface area contributed by atoms with E-state index < -0.39 is 0 Å². The van der Waals surface area contributed by atoms with Crippen LogP contribution in [0.4, 0.5) is 4.79 Å². The van der Waals surface area contributed by atoms with Crippen LogP contribution in [0.2, 0.25) is 0 Å². The molecule has 0 saturated carbocycles. The van der Waals surface area contributed by atoms with Crippen molar-refractivity contribution in [2.45, 2.75) is 44.6 Å². The number of carbonyl (C=O) groups excluding carboxylic acids is 1. The minimum atomic E-state index is -0.0654. The Morgan fingerprint density at radius 2 is 2.00 bits per heavy atom. The second-order valence-electron chi connectivity index (χ2n) is 7.76. The molecule has 2 N–H and O–H groups in total. The first-order valence-corrected chi connectivity index (χ1v) is 9.48. The molecule has 138 valence electrons. The molecule has 1 aromatic carbocycles. The molecule has 1 aromatic rings.